The van der Waals surface area contributed by atoms with Gasteiger partial charge in [-0.05, 0) is 32.2 Å². The quantitative estimate of drug-likeness (QED) is 0.824. The molecule has 19 heavy (non-hydrogen) atoms. The summed E-state index contributed by atoms with van der Waals surface area (Å²) in [7, 11) is 0. The first kappa shape index (κ1) is 14.1. The van der Waals surface area contributed by atoms with Gasteiger partial charge >= 0.3 is 5.97 Å². The summed E-state index contributed by atoms with van der Waals surface area (Å²) >= 11 is 0. The molecule has 0 radical (unpaired) electrons. The first-order chi connectivity index (χ1) is 9.22. The number of aliphatic carboxylic acids is 1. The minimum atomic E-state index is -0.637. The van der Waals surface area contributed by atoms with Gasteiger partial charge in [0, 0.05) is 18.9 Å². The van der Waals surface area contributed by atoms with E-state index in [1.165, 1.54) is 0 Å². The van der Waals surface area contributed by atoms with Gasteiger partial charge in [-0.3, -0.25) is 4.79 Å². The molecule has 1 heterocycles. The van der Waals surface area contributed by atoms with E-state index < -0.39 is 5.97 Å². The van der Waals surface area contributed by atoms with Gasteiger partial charge in [0.25, 0.3) is 0 Å². The third-order valence-corrected chi connectivity index (χ3v) is 4.06. The number of carboxylic acid groups (broad SMARTS) is 1. The maximum atomic E-state index is 11.2. The number of hydrogen-bond acceptors (Lipinski definition) is 3. The van der Waals surface area contributed by atoms with Crippen molar-refractivity contribution in [1.82, 2.24) is 14.9 Å². The summed E-state index contributed by atoms with van der Waals surface area (Å²) in [6, 6.07) is 0. The van der Waals surface area contributed by atoms with Gasteiger partial charge in [-0.15, -0.1) is 0 Å². The van der Waals surface area contributed by atoms with E-state index >= 15 is 0 Å². The van der Waals surface area contributed by atoms with Crippen LogP contribution in [-0.2, 0) is 17.9 Å². The zero-order valence-electron chi connectivity index (χ0n) is 11.5. The minimum Gasteiger partial charge on any atom is -0.481 e. The van der Waals surface area contributed by atoms with Crippen LogP contribution in [0, 0.1) is 11.8 Å². The molecule has 0 aliphatic heterocycles. The predicted molar refractivity (Wildman–Crippen MR) is 72.7 cm³/mol. The molecule has 1 aromatic heterocycles. The Labute approximate surface area is 114 Å². The first-order valence-corrected chi connectivity index (χ1v) is 7.16. The van der Waals surface area contributed by atoms with Crippen LogP contribution < -0.4 is 5.32 Å². The van der Waals surface area contributed by atoms with Crippen LogP contribution in [0.15, 0.2) is 12.4 Å². The Hall–Kier alpha value is -1.36. The summed E-state index contributed by atoms with van der Waals surface area (Å²) in [6.07, 6.45) is 7.82. The average molecular weight is 265 g/mol. The van der Waals surface area contributed by atoms with E-state index in [2.05, 4.69) is 21.8 Å². The molecule has 1 fully saturated rings. The fourth-order valence-corrected chi connectivity index (χ4v) is 2.94. The first-order valence-electron chi connectivity index (χ1n) is 7.16. The number of hydrogen-bond donors (Lipinski definition) is 2. The SMILES string of the molecule is CCn1ccnc1CNCC1CCCCC1C(=O)O. The molecule has 2 N–H and O–H groups in total. The van der Waals surface area contributed by atoms with Crippen molar-refractivity contribution in [2.75, 3.05) is 6.54 Å². The fraction of sp³-hybridized carbons (Fsp3) is 0.714. The third kappa shape index (κ3) is 3.56. The molecule has 2 rings (SSSR count). The Bertz CT molecular complexity index is 417. The molecule has 5 nitrogen and oxygen atoms in total. The zero-order valence-corrected chi connectivity index (χ0v) is 11.5. The van der Waals surface area contributed by atoms with E-state index in [9.17, 15) is 9.90 Å². The number of carbonyl (C=O) groups is 1. The highest BCUT2D eigenvalue weighted by Crippen LogP contribution is 2.29. The number of aromatic nitrogens is 2. The lowest BCUT2D eigenvalue weighted by atomic mass is 9.79. The topological polar surface area (TPSA) is 67.2 Å². The standard InChI is InChI=1S/C14H23N3O2/c1-2-17-8-7-16-13(17)10-15-9-11-5-3-4-6-12(11)14(18)19/h7-8,11-12,15H,2-6,9-10H2,1H3,(H,18,19). The summed E-state index contributed by atoms with van der Waals surface area (Å²) in [5.41, 5.74) is 0. The molecule has 5 heteroatoms. The van der Waals surface area contributed by atoms with Crippen molar-refractivity contribution in [3.8, 4) is 0 Å². The van der Waals surface area contributed by atoms with Gasteiger partial charge in [-0.25, -0.2) is 4.98 Å². The second-order valence-electron chi connectivity index (χ2n) is 5.25. The molecule has 1 aliphatic carbocycles. The number of nitrogens with zero attached hydrogens (tertiary/aromatic N) is 2. The van der Waals surface area contributed by atoms with Crippen LogP contribution in [0.2, 0.25) is 0 Å². The van der Waals surface area contributed by atoms with Crippen molar-refractivity contribution < 1.29 is 9.90 Å². The van der Waals surface area contributed by atoms with Crippen LogP contribution in [0.25, 0.3) is 0 Å². The predicted octanol–water partition coefficient (Wildman–Crippen LogP) is 1.88. The van der Waals surface area contributed by atoms with E-state index in [1.807, 2.05) is 6.20 Å². The summed E-state index contributed by atoms with van der Waals surface area (Å²) in [5.74, 6) is 0.468. The summed E-state index contributed by atoms with van der Waals surface area (Å²) in [6.45, 7) is 4.49. The van der Waals surface area contributed by atoms with E-state index in [-0.39, 0.29) is 11.8 Å². The van der Waals surface area contributed by atoms with Crippen LogP contribution in [-0.4, -0.2) is 27.2 Å². The molecule has 1 aromatic rings. The molecular formula is C14H23N3O2. The van der Waals surface area contributed by atoms with E-state index in [0.29, 0.717) is 6.54 Å². The summed E-state index contributed by atoms with van der Waals surface area (Å²) in [4.78, 5) is 15.5. The van der Waals surface area contributed by atoms with Gasteiger partial charge in [0.05, 0.1) is 12.5 Å². The molecule has 2 unspecified atom stereocenters. The third-order valence-electron chi connectivity index (χ3n) is 4.06. The van der Waals surface area contributed by atoms with E-state index in [1.54, 1.807) is 6.20 Å². The van der Waals surface area contributed by atoms with Gasteiger partial charge in [0.2, 0.25) is 0 Å². The molecule has 2 atom stereocenters. The van der Waals surface area contributed by atoms with Gasteiger partial charge in [0.1, 0.15) is 5.82 Å². The van der Waals surface area contributed by atoms with Crippen molar-refractivity contribution in [2.24, 2.45) is 11.8 Å². The summed E-state index contributed by atoms with van der Waals surface area (Å²) < 4.78 is 2.10. The zero-order chi connectivity index (χ0) is 13.7. The Morgan fingerprint density at radius 1 is 1.53 bits per heavy atom. The van der Waals surface area contributed by atoms with Gasteiger partial charge in [-0.1, -0.05) is 12.8 Å². The average Bonchev–Trinajstić information content (AvgIpc) is 2.86. The van der Waals surface area contributed by atoms with Crippen molar-refractivity contribution in [3.63, 3.8) is 0 Å². The number of aryl methyl sites for hydroxylation is 1. The van der Waals surface area contributed by atoms with Gasteiger partial charge < -0.3 is 15.0 Å². The largest absolute Gasteiger partial charge is 0.481 e. The number of nitrogens with one attached hydrogen (secondary N) is 1. The molecule has 106 valence electrons. The smallest absolute Gasteiger partial charge is 0.306 e. The second kappa shape index (κ2) is 6.70. The number of imidazole rings is 1. The fourth-order valence-electron chi connectivity index (χ4n) is 2.94. The monoisotopic (exact) mass is 265 g/mol. The van der Waals surface area contributed by atoms with Gasteiger partial charge in [-0.2, -0.15) is 0 Å². The molecule has 0 aromatic carbocycles. The minimum absolute atomic E-state index is 0.174. The lowest BCUT2D eigenvalue weighted by Crippen LogP contribution is -2.34. The molecule has 1 aliphatic rings. The van der Waals surface area contributed by atoms with Crippen LogP contribution in [0.3, 0.4) is 0 Å². The van der Waals surface area contributed by atoms with Gasteiger partial charge in [0.15, 0.2) is 0 Å². The maximum Gasteiger partial charge on any atom is 0.306 e. The highest BCUT2D eigenvalue weighted by Gasteiger charge is 2.30. The highest BCUT2D eigenvalue weighted by molar-refractivity contribution is 5.70. The molecule has 0 saturated heterocycles. The van der Waals surface area contributed by atoms with Crippen molar-refractivity contribution in [1.29, 1.82) is 0 Å². The lowest BCUT2D eigenvalue weighted by Gasteiger charge is -2.28. The second-order valence-corrected chi connectivity index (χ2v) is 5.25. The van der Waals surface area contributed by atoms with E-state index in [4.69, 9.17) is 0 Å². The van der Waals surface area contributed by atoms with E-state index in [0.717, 1.165) is 44.6 Å². The van der Waals surface area contributed by atoms with Crippen LogP contribution in [0.4, 0.5) is 0 Å². The van der Waals surface area contributed by atoms with Crippen LogP contribution in [0.1, 0.15) is 38.4 Å². The molecule has 1 saturated carbocycles. The molecule has 0 bridgehead atoms. The van der Waals surface area contributed by atoms with Crippen molar-refractivity contribution in [3.05, 3.63) is 18.2 Å². The van der Waals surface area contributed by atoms with Crippen molar-refractivity contribution in [2.45, 2.75) is 45.7 Å². The maximum absolute atomic E-state index is 11.2. The Balaban J connectivity index is 1.82. The van der Waals surface area contributed by atoms with Crippen molar-refractivity contribution >= 4 is 5.97 Å². The Kier molecular flexibility index (Phi) is 4.96. The Morgan fingerprint density at radius 2 is 2.32 bits per heavy atom. The molecular weight excluding hydrogens is 242 g/mol. The normalized spacial score (nSPS) is 23.4. The summed E-state index contributed by atoms with van der Waals surface area (Å²) in [5, 5.41) is 12.6. The highest BCUT2D eigenvalue weighted by atomic mass is 16.4. The Morgan fingerprint density at radius 3 is 3.05 bits per heavy atom. The molecule has 0 amide bonds. The lowest BCUT2D eigenvalue weighted by molar-refractivity contribution is -0.144. The molecule has 0 spiro atoms. The van der Waals surface area contributed by atoms with Crippen LogP contribution >= 0.6 is 0 Å². The number of carboxylic acids is 1. The number of rotatable bonds is 6. The van der Waals surface area contributed by atoms with Crippen LogP contribution in [0.5, 0.6) is 0 Å².